The minimum Gasteiger partial charge on any atom is -0.406 e. The third kappa shape index (κ3) is 4.84. The summed E-state index contributed by atoms with van der Waals surface area (Å²) >= 11 is 0. The van der Waals surface area contributed by atoms with E-state index in [4.69, 9.17) is 21.3 Å². The van der Waals surface area contributed by atoms with Crippen molar-refractivity contribution in [2.24, 2.45) is 5.73 Å². The number of piperidine rings is 1. The number of nitrogens with zero attached hydrogens (tertiary/aromatic N) is 5. The molecule has 0 radical (unpaired) electrons. The fourth-order valence-corrected chi connectivity index (χ4v) is 4.53. The number of likely N-dealkylation sites (tertiary alicyclic amines) is 1. The van der Waals surface area contributed by atoms with Crippen LogP contribution in [-0.2, 0) is 4.74 Å². The van der Waals surface area contributed by atoms with Crippen LogP contribution in [0.5, 0.6) is 0 Å². The van der Waals surface area contributed by atoms with Crippen LogP contribution in [0.2, 0.25) is 0 Å². The van der Waals surface area contributed by atoms with E-state index in [0.29, 0.717) is 18.1 Å². The van der Waals surface area contributed by atoms with E-state index in [1.807, 2.05) is 6.92 Å². The average molecular weight is 403 g/mol. The zero-order valence-electron chi connectivity index (χ0n) is 18.0. The van der Waals surface area contributed by atoms with Crippen molar-refractivity contribution in [3.05, 3.63) is 17.6 Å². The van der Waals surface area contributed by atoms with Gasteiger partial charge in [-0.25, -0.2) is 9.97 Å². The molecule has 29 heavy (non-hydrogen) atoms. The van der Waals surface area contributed by atoms with Crippen LogP contribution in [0.4, 0.5) is 5.82 Å². The Bertz CT molecular complexity index is 746. The Morgan fingerprint density at radius 1 is 1.28 bits per heavy atom. The Balaban J connectivity index is 1.74. The van der Waals surface area contributed by atoms with Crippen LogP contribution in [0.25, 0.3) is 0 Å². The maximum absolute atomic E-state index is 7.86. The molecule has 2 aliphatic heterocycles. The highest BCUT2D eigenvalue weighted by Gasteiger charge is 2.36. The SMILES string of the molecule is CCC1CN(c2ncc(C(=N)OC(=N)N)nc2C)[C@H](C)CN1C1CCN(C)CC1. The first-order valence-electron chi connectivity index (χ1n) is 10.5. The largest absolute Gasteiger partial charge is 0.406 e. The van der Waals surface area contributed by atoms with Crippen molar-refractivity contribution in [1.82, 2.24) is 19.8 Å². The summed E-state index contributed by atoms with van der Waals surface area (Å²) in [6.07, 6.45) is 5.12. The van der Waals surface area contributed by atoms with E-state index >= 15 is 0 Å². The summed E-state index contributed by atoms with van der Waals surface area (Å²) in [5, 5.41) is 15.0. The lowest BCUT2D eigenvalue weighted by atomic mass is 9.96. The quantitative estimate of drug-likeness (QED) is 0.514. The van der Waals surface area contributed by atoms with Gasteiger partial charge in [0.15, 0.2) is 0 Å². The van der Waals surface area contributed by atoms with E-state index in [2.05, 4.69) is 45.6 Å². The van der Waals surface area contributed by atoms with Crippen LogP contribution in [0.15, 0.2) is 6.20 Å². The second-order valence-corrected chi connectivity index (χ2v) is 8.25. The molecule has 3 heterocycles. The normalized spacial score (nSPS) is 24.5. The minimum absolute atomic E-state index is 0.258. The first-order valence-corrected chi connectivity index (χ1v) is 10.5. The highest BCUT2D eigenvalue weighted by Crippen LogP contribution is 2.29. The molecule has 2 fully saturated rings. The van der Waals surface area contributed by atoms with Gasteiger partial charge in [0.2, 0.25) is 5.90 Å². The van der Waals surface area contributed by atoms with Gasteiger partial charge < -0.3 is 20.3 Å². The molecule has 160 valence electrons. The molecule has 0 amide bonds. The fraction of sp³-hybridized carbons (Fsp3) is 0.700. The minimum atomic E-state index is -0.525. The number of hydrogen-bond acceptors (Lipinski definition) is 8. The van der Waals surface area contributed by atoms with Gasteiger partial charge in [-0.05, 0) is 53.2 Å². The average Bonchev–Trinajstić information content (AvgIpc) is 2.68. The van der Waals surface area contributed by atoms with E-state index in [9.17, 15) is 0 Å². The van der Waals surface area contributed by atoms with Gasteiger partial charge in [0.1, 0.15) is 11.5 Å². The Hall–Kier alpha value is -2.26. The van der Waals surface area contributed by atoms with Gasteiger partial charge in [0, 0.05) is 31.2 Å². The molecule has 9 nitrogen and oxygen atoms in total. The van der Waals surface area contributed by atoms with Gasteiger partial charge in [0.05, 0.1) is 11.9 Å². The maximum Gasteiger partial charge on any atom is 0.286 e. The number of nitrogens with one attached hydrogen (secondary N) is 2. The Kier molecular flexibility index (Phi) is 6.69. The Labute approximate surface area is 173 Å². The Morgan fingerprint density at radius 3 is 2.55 bits per heavy atom. The molecule has 2 aliphatic rings. The van der Waals surface area contributed by atoms with Gasteiger partial charge in [-0.1, -0.05) is 6.92 Å². The lowest BCUT2D eigenvalue weighted by molar-refractivity contribution is 0.0583. The monoisotopic (exact) mass is 402 g/mol. The molecule has 1 aromatic rings. The van der Waals surface area contributed by atoms with E-state index < -0.39 is 6.02 Å². The van der Waals surface area contributed by atoms with Gasteiger partial charge in [-0.15, -0.1) is 0 Å². The fourth-order valence-electron chi connectivity index (χ4n) is 4.53. The molecule has 3 rings (SSSR count). The highest BCUT2D eigenvalue weighted by atomic mass is 16.5. The molecule has 1 unspecified atom stereocenters. The molecule has 9 heteroatoms. The summed E-state index contributed by atoms with van der Waals surface area (Å²) in [6, 6.07) is 0.978. The van der Waals surface area contributed by atoms with Crippen molar-refractivity contribution >= 4 is 17.7 Å². The number of rotatable bonds is 4. The topological polar surface area (TPSA) is 118 Å². The van der Waals surface area contributed by atoms with Crippen LogP contribution in [0.1, 0.15) is 44.5 Å². The molecule has 0 saturated carbocycles. The van der Waals surface area contributed by atoms with E-state index in [-0.39, 0.29) is 11.6 Å². The number of ether oxygens (including phenoxy) is 1. The third-order valence-corrected chi connectivity index (χ3v) is 6.15. The second kappa shape index (κ2) is 9.04. The van der Waals surface area contributed by atoms with Crippen LogP contribution in [0, 0.1) is 17.7 Å². The maximum atomic E-state index is 7.86. The smallest absolute Gasteiger partial charge is 0.286 e. The summed E-state index contributed by atoms with van der Waals surface area (Å²) in [5.41, 5.74) is 6.24. The van der Waals surface area contributed by atoms with Crippen LogP contribution in [0.3, 0.4) is 0 Å². The number of aryl methyl sites for hydroxylation is 1. The van der Waals surface area contributed by atoms with Crippen LogP contribution in [-0.4, -0.2) is 83.0 Å². The molecular formula is C20H34N8O. The van der Waals surface area contributed by atoms with Crippen LogP contribution >= 0.6 is 0 Å². The van der Waals surface area contributed by atoms with Crippen molar-refractivity contribution in [1.29, 1.82) is 10.8 Å². The van der Waals surface area contributed by atoms with Gasteiger partial charge in [0.25, 0.3) is 6.02 Å². The van der Waals surface area contributed by atoms with Crippen molar-refractivity contribution in [3.63, 3.8) is 0 Å². The summed E-state index contributed by atoms with van der Waals surface area (Å²) in [5.74, 6) is 0.601. The molecule has 1 aromatic heterocycles. The molecule has 2 atom stereocenters. The zero-order chi connectivity index (χ0) is 21.1. The number of hydrogen-bond donors (Lipinski definition) is 3. The van der Waals surface area contributed by atoms with Gasteiger partial charge in [-0.2, -0.15) is 0 Å². The van der Waals surface area contributed by atoms with Gasteiger partial charge in [-0.3, -0.25) is 15.7 Å². The summed E-state index contributed by atoms with van der Waals surface area (Å²) in [6.45, 7) is 10.7. The predicted molar refractivity (Wildman–Crippen MR) is 115 cm³/mol. The van der Waals surface area contributed by atoms with E-state index in [0.717, 1.165) is 31.0 Å². The van der Waals surface area contributed by atoms with E-state index in [1.54, 1.807) is 0 Å². The highest BCUT2D eigenvalue weighted by molar-refractivity contribution is 5.96. The molecular weight excluding hydrogens is 368 g/mol. The lowest BCUT2D eigenvalue weighted by Crippen LogP contribution is -2.61. The van der Waals surface area contributed by atoms with Crippen LogP contribution < -0.4 is 10.6 Å². The number of amidine groups is 1. The summed E-state index contributed by atoms with van der Waals surface area (Å²) in [7, 11) is 2.21. The number of aromatic nitrogens is 2. The molecule has 2 saturated heterocycles. The summed E-state index contributed by atoms with van der Waals surface area (Å²) < 4.78 is 4.84. The van der Waals surface area contributed by atoms with Crippen molar-refractivity contribution < 1.29 is 4.74 Å². The van der Waals surface area contributed by atoms with Crippen molar-refractivity contribution in [3.8, 4) is 0 Å². The molecule has 0 aromatic carbocycles. The van der Waals surface area contributed by atoms with E-state index in [1.165, 1.54) is 32.1 Å². The molecule has 0 spiro atoms. The molecule has 0 aliphatic carbocycles. The Morgan fingerprint density at radius 2 is 1.97 bits per heavy atom. The standard InChI is InChI=1S/C20H34N8O/c1-5-15-12-27(13(2)11-28(15)16-6-8-26(4)9-7-16)19-14(3)25-17(10-24-19)18(21)29-20(22)23/h10,13,15-16,21H,5-9,11-12H2,1-4H3,(H3,22,23)/t13-,15?/m1/s1. The first-order chi connectivity index (χ1) is 13.8. The lowest BCUT2D eigenvalue weighted by Gasteiger charge is -2.50. The van der Waals surface area contributed by atoms with Crippen molar-refractivity contribution in [2.45, 2.75) is 58.2 Å². The zero-order valence-corrected chi connectivity index (χ0v) is 18.0. The predicted octanol–water partition coefficient (Wildman–Crippen LogP) is 1.40. The van der Waals surface area contributed by atoms with Crippen molar-refractivity contribution in [2.75, 3.05) is 38.1 Å². The summed E-state index contributed by atoms with van der Waals surface area (Å²) in [4.78, 5) is 16.6. The number of anilines is 1. The third-order valence-electron chi connectivity index (χ3n) is 6.15. The molecule has 4 N–H and O–H groups in total. The number of nitrogens with two attached hydrogens (primary N) is 1. The number of piperazine rings is 1. The second-order valence-electron chi connectivity index (χ2n) is 8.25. The first kappa shape index (κ1) is 21.4. The van der Waals surface area contributed by atoms with Gasteiger partial charge >= 0.3 is 0 Å². The molecule has 0 bridgehead atoms.